The SMILES string of the molecule is CC(=O)Nc1ccc2c(COC(=O)c3ccc(S(=O)(=O)N4CCCCC4C)cc3)cc(=O)oc2c1. The number of sulfonamides is 1. The van der Waals surface area contributed by atoms with Crippen LogP contribution >= 0.6 is 0 Å². The second kappa shape index (κ2) is 10.0. The number of amides is 1. The number of benzene rings is 2. The first-order valence-electron chi connectivity index (χ1n) is 11.3. The van der Waals surface area contributed by atoms with Crippen LogP contribution in [0, 0.1) is 0 Å². The lowest BCUT2D eigenvalue weighted by atomic mass is 10.1. The summed E-state index contributed by atoms with van der Waals surface area (Å²) in [6, 6.07) is 11.7. The number of nitrogens with one attached hydrogen (secondary N) is 1. The zero-order chi connectivity index (χ0) is 25.2. The minimum atomic E-state index is -3.64. The lowest BCUT2D eigenvalue weighted by molar-refractivity contribution is -0.114. The molecular formula is C25H26N2O7S. The van der Waals surface area contributed by atoms with E-state index in [2.05, 4.69) is 5.32 Å². The summed E-state index contributed by atoms with van der Waals surface area (Å²) >= 11 is 0. The van der Waals surface area contributed by atoms with Crippen LogP contribution in [0.25, 0.3) is 11.0 Å². The van der Waals surface area contributed by atoms with Gasteiger partial charge in [0, 0.05) is 48.3 Å². The highest BCUT2D eigenvalue weighted by Crippen LogP contribution is 2.26. The monoisotopic (exact) mass is 498 g/mol. The van der Waals surface area contributed by atoms with Gasteiger partial charge in [0.15, 0.2) is 0 Å². The number of piperidine rings is 1. The van der Waals surface area contributed by atoms with Crippen LogP contribution in [0.1, 0.15) is 49.0 Å². The second-order valence-electron chi connectivity index (χ2n) is 8.54. The molecular weight excluding hydrogens is 472 g/mol. The highest BCUT2D eigenvalue weighted by Gasteiger charge is 2.31. The third-order valence-electron chi connectivity index (χ3n) is 5.95. The van der Waals surface area contributed by atoms with Crippen molar-refractivity contribution in [1.29, 1.82) is 0 Å². The molecule has 1 aliphatic heterocycles. The van der Waals surface area contributed by atoms with E-state index >= 15 is 0 Å². The molecule has 0 spiro atoms. The maximum absolute atomic E-state index is 13.0. The third-order valence-corrected chi connectivity index (χ3v) is 7.98. The van der Waals surface area contributed by atoms with Gasteiger partial charge in [0.25, 0.3) is 0 Å². The first-order valence-corrected chi connectivity index (χ1v) is 12.7. The Morgan fingerprint density at radius 2 is 1.86 bits per heavy atom. The summed E-state index contributed by atoms with van der Waals surface area (Å²) in [6.45, 7) is 3.56. The summed E-state index contributed by atoms with van der Waals surface area (Å²) in [5.74, 6) is -0.919. The van der Waals surface area contributed by atoms with Gasteiger partial charge in [0.05, 0.1) is 10.5 Å². The fourth-order valence-electron chi connectivity index (χ4n) is 4.18. The Balaban J connectivity index is 1.49. The molecule has 1 unspecified atom stereocenters. The number of ether oxygens (including phenoxy) is 1. The Labute approximate surface area is 202 Å². The average molecular weight is 499 g/mol. The van der Waals surface area contributed by atoms with Crippen molar-refractivity contribution in [2.24, 2.45) is 0 Å². The van der Waals surface area contributed by atoms with E-state index in [4.69, 9.17) is 9.15 Å². The summed E-state index contributed by atoms with van der Waals surface area (Å²) in [7, 11) is -3.64. The van der Waals surface area contributed by atoms with Gasteiger partial charge >= 0.3 is 11.6 Å². The molecule has 1 aliphatic rings. The zero-order valence-electron chi connectivity index (χ0n) is 19.4. The lowest BCUT2D eigenvalue weighted by Gasteiger charge is -2.32. The van der Waals surface area contributed by atoms with Gasteiger partial charge < -0.3 is 14.5 Å². The highest BCUT2D eigenvalue weighted by molar-refractivity contribution is 7.89. The minimum absolute atomic E-state index is 0.0638. The number of rotatable bonds is 6. The van der Waals surface area contributed by atoms with Crippen LogP contribution < -0.4 is 10.9 Å². The van der Waals surface area contributed by atoms with Gasteiger partial charge in [-0.2, -0.15) is 4.31 Å². The van der Waals surface area contributed by atoms with Crippen LogP contribution in [0.15, 0.2) is 62.6 Å². The van der Waals surface area contributed by atoms with E-state index in [9.17, 15) is 22.8 Å². The Bertz CT molecular complexity index is 1430. The lowest BCUT2D eigenvalue weighted by Crippen LogP contribution is -2.41. The zero-order valence-corrected chi connectivity index (χ0v) is 20.3. The Hall–Kier alpha value is -3.50. The number of carbonyl (C=O) groups excluding carboxylic acids is 2. The summed E-state index contributed by atoms with van der Waals surface area (Å²) in [4.78, 5) is 36.0. The summed E-state index contributed by atoms with van der Waals surface area (Å²) < 4.78 is 38.1. The molecule has 184 valence electrons. The Kier molecular flexibility index (Phi) is 7.04. The first kappa shape index (κ1) is 24.6. The topological polar surface area (TPSA) is 123 Å². The number of hydrogen-bond acceptors (Lipinski definition) is 7. The number of hydrogen-bond donors (Lipinski definition) is 1. The van der Waals surface area contributed by atoms with Crippen molar-refractivity contribution >= 4 is 38.6 Å². The summed E-state index contributed by atoms with van der Waals surface area (Å²) in [5, 5.41) is 3.17. The van der Waals surface area contributed by atoms with Crippen molar-refractivity contribution < 1.29 is 27.2 Å². The van der Waals surface area contributed by atoms with Gasteiger partial charge in [-0.25, -0.2) is 18.0 Å². The fraction of sp³-hybridized carbons (Fsp3) is 0.320. The smallest absolute Gasteiger partial charge is 0.338 e. The highest BCUT2D eigenvalue weighted by atomic mass is 32.2. The molecule has 1 fully saturated rings. The molecule has 2 heterocycles. The van der Waals surface area contributed by atoms with Gasteiger partial charge in [-0.05, 0) is 56.2 Å². The number of carbonyl (C=O) groups is 2. The fourth-order valence-corrected chi connectivity index (χ4v) is 5.88. The number of esters is 1. The number of fused-ring (bicyclic) bond motifs is 1. The van der Waals surface area contributed by atoms with E-state index in [-0.39, 0.29) is 34.6 Å². The predicted octanol–water partition coefficient (Wildman–Crippen LogP) is 3.67. The van der Waals surface area contributed by atoms with Crippen LogP contribution in [0.2, 0.25) is 0 Å². The summed E-state index contributed by atoms with van der Waals surface area (Å²) in [6.07, 6.45) is 2.66. The third kappa shape index (κ3) is 5.44. The average Bonchev–Trinajstić information content (AvgIpc) is 2.82. The molecule has 1 atom stereocenters. The van der Waals surface area contributed by atoms with E-state index in [1.807, 2.05) is 6.92 Å². The molecule has 4 rings (SSSR count). The molecule has 35 heavy (non-hydrogen) atoms. The van der Waals surface area contributed by atoms with Crippen molar-refractivity contribution in [3.8, 4) is 0 Å². The quantitative estimate of drug-likeness (QED) is 0.406. The molecule has 0 aliphatic carbocycles. The molecule has 1 aromatic heterocycles. The molecule has 1 amide bonds. The van der Waals surface area contributed by atoms with Crippen molar-refractivity contribution in [2.45, 2.75) is 50.7 Å². The minimum Gasteiger partial charge on any atom is -0.457 e. The van der Waals surface area contributed by atoms with Crippen LogP contribution in [0.5, 0.6) is 0 Å². The Morgan fingerprint density at radius 1 is 1.11 bits per heavy atom. The molecule has 0 radical (unpaired) electrons. The van der Waals surface area contributed by atoms with Crippen LogP contribution in [-0.4, -0.2) is 37.2 Å². The maximum Gasteiger partial charge on any atom is 0.338 e. The van der Waals surface area contributed by atoms with Crippen molar-refractivity contribution in [2.75, 3.05) is 11.9 Å². The van der Waals surface area contributed by atoms with E-state index in [1.165, 1.54) is 47.6 Å². The Morgan fingerprint density at radius 3 is 2.54 bits per heavy atom. The molecule has 1 saturated heterocycles. The first-order chi connectivity index (χ1) is 16.6. The van der Waals surface area contributed by atoms with Crippen LogP contribution in [0.4, 0.5) is 5.69 Å². The standard InChI is InChI=1S/C25H26N2O7S/c1-16-5-3-4-12-27(16)35(31,32)21-9-6-18(7-10-21)25(30)33-15-19-13-24(29)34-23-14-20(26-17(2)28)8-11-22(19)23/h6-11,13-14,16H,3-5,12,15H2,1-2H3,(H,26,28). The van der Waals surface area contributed by atoms with Crippen molar-refractivity contribution in [3.63, 3.8) is 0 Å². The van der Waals surface area contributed by atoms with E-state index < -0.39 is 21.6 Å². The molecule has 1 N–H and O–H groups in total. The van der Waals surface area contributed by atoms with E-state index in [0.29, 0.717) is 23.2 Å². The maximum atomic E-state index is 13.0. The number of anilines is 1. The molecule has 3 aromatic rings. The van der Waals surface area contributed by atoms with Gasteiger partial charge in [0.2, 0.25) is 15.9 Å². The van der Waals surface area contributed by atoms with Crippen LogP contribution in [0.3, 0.4) is 0 Å². The van der Waals surface area contributed by atoms with Crippen molar-refractivity contribution in [1.82, 2.24) is 4.31 Å². The number of nitrogens with zero attached hydrogens (tertiary/aromatic N) is 1. The predicted molar refractivity (Wildman–Crippen MR) is 130 cm³/mol. The normalized spacial score (nSPS) is 16.7. The molecule has 0 bridgehead atoms. The largest absolute Gasteiger partial charge is 0.457 e. The second-order valence-corrected chi connectivity index (χ2v) is 10.4. The van der Waals surface area contributed by atoms with Crippen LogP contribution in [-0.2, 0) is 26.2 Å². The van der Waals surface area contributed by atoms with E-state index in [0.717, 1.165) is 19.3 Å². The van der Waals surface area contributed by atoms with Crippen molar-refractivity contribution in [3.05, 3.63) is 70.1 Å². The summed E-state index contributed by atoms with van der Waals surface area (Å²) in [5.41, 5.74) is 0.728. The molecule has 9 nitrogen and oxygen atoms in total. The molecule has 0 saturated carbocycles. The molecule has 2 aromatic carbocycles. The van der Waals surface area contributed by atoms with Gasteiger partial charge in [-0.3, -0.25) is 4.79 Å². The van der Waals surface area contributed by atoms with E-state index in [1.54, 1.807) is 12.1 Å². The molecule has 10 heteroatoms. The van der Waals surface area contributed by atoms with Gasteiger partial charge in [-0.15, -0.1) is 0 Å². The van der Waals surface area contributed by atoms with Gasteiger partial charge in [0.1, 0.15) is 12.2 Å². The van der Waals surface area contributed by atoms with Gasteiger partial charge in [-0.1, -0.05) is 6.42 Å².